The second kappa shape index (κ2) is 8.20. The molecule has 2 heterocycles. The van der Waals surface area contributed by atoms with Crippen LogP contribution in [-0.4, -0.2) is 53.3 Å². The van der Waals surface area contributed by atoms with Crippen molar-refractivity contribution in [2.24, 2.45) is 0 Å². The largest absolute Gasteiger partial charge is 0.467 e. The lowest BCUT2D eigenvalue weighted by Crippen LogP contribution is -2.50. The molecule has 1 aromatic heterocycles. The average Bonchev–Trinajstić information content (AvgIpc) is 2.59. The molecule has 0 N–H and O–H groups in total. The van der Waals surface area contributed by atoms with E-state index in [0.29, 0.717) is 32.5 Å². The van der Waals surface area contributed by atoms with Crippen molar-refractivity contribution in [2.75, 3.05) is 25.2 Å². The molecule has 0 bridgehead atoms. The van der Waals surface area contributed by atoms with Crippen molar-refractivity contribution in [2.45, 2.75) is 38.3 Å². The number of methoxy groups -OCH3 is 1. The number of ether oxygens (including phenoxy) is 2. The van der Waals surface area contributed by atoms with Crippen LogP contribution >= 0.6 is 11.6 Å². The highest BCUT2D eigenvalue weighted by atomic mass is 35.5. The van der Waals surface area contributed by atoms with E-state index in [1.165, 1.54) is 7.11 Å². The zero-order valence-corrected chi connectivity index (χ0v) is 14.2. The topological polar surface area (TPSA) is 108 Å². The van der Waals surface area contributed by atoms with Gasteiger partial charge in [0.05, 0.1) is 12.0 Å². The first-order valence-electron chi connectivity index (χ1n) is 7.60. The summed E-state index contributed by atoms with van der Waals surface area (Å²) in [6.07, 6.45) is 2.70. The molecule has 1 aliphatic heterocycles. The van der Waals surface area contributed by atoms with Crippen LogP contribution in [0.25, 0.3) is 0 Å². The summed E-state index contributed by atoms with van der Waals surface area (Å²) in [5, 5.41) is 11.3. The number of anilines is 1. The summed E-state index contributed by atoms with van der Waals surface area (Å²) >= 11 is 5.85. The van der Waals surface area contributed by atoms with Gasteiger partial charge in [-0.15, -0.1) is 0 Å². The van der Waals surface area contributed by atoms with E-state index in [1.807, 2.05) is 6.92 Å². The van der Waals surface area contributed by atoms with Gasteiger partial charge in [0.1, 0.15) is 12.2 Å². The third-order valence-electron chi connectivity index (χ3n) is 3.94. The van der Waals surface area contributed by atoms with Crippen LogP contribution in [0, 0.1) is 10.1 Å². The van der Waals surface area contributed by atoms with Crippen molar-refractivity contribution >= 4 is 29.1 Å². The Balaban J connectivity index is 2.54. The van der Waals surface area contributed by atoms with Crippen molar-refractivity contribution in [3.63, 3.8) is 0 Å². The third kappa shape index (κ3) is 3.90. The second-order valence-electron chi connectivity index (χ2n) is 5.30. The molecule has 1 unspecified atom stereocenters. The predicted molar refractivity (Wildman–Crippen MR) is 86.1 cm³/mol. The molecule has 1 aliphatic rings. The molecule has 0 saturated carbocycles. The van der Waals surface area contributed by atoms with E-state index in [9.17, 15) is 14.9 Å². The number of rotatable bonds is 6. The van der Waals surface area contributed by atoms with Gasteiger partial charge < -0.3 is 14.4 Å². The molecule has 0 radical (unpaired) electrons. The summed E-state index contributed by atoms with van der Waals surface area (Å²) in [6.45, 7) is 2.82. The quantitative estimate of drug-likeness (QED) is 0.329. The van der Waals surface area contributed by atoms with Crippen LogP contribution in [0.2, 0.25) is 5.28 Å². The molecule has 0 spiro atoms. The standard InChI is InChI=1S/C14H19ClN4O5/c1-3-10(13(20)23-2)18(9-4-6-24-7-5-9)12-11(19(21)22)8-16-14(15)17-12/h8-10H,3-7H2,1-2H3. The van der Waals surface area contributed by atoms with Gasteiger partial charge in [-0.2, -0.15) is 4.98 Å². The first kappa shape index (κ1) is 18.3. The van der Waals surface area contributed by atoms with Crippen molar-refractivity contribution in [3.05, 3.63) is 21.6 Å². The van der Waals surface area contributed by atoms with Gasteiger partial charge in [-0.1, -0.05) is 6.92 Å². The van der Waals surface area contributed by atoms with Gasteiger partial charge in [-0.05, 0) is 30.9 Å². The first-order chi connectivity index (χ1) is 11.5. The first-order valence-corrected chi connectivity index (χ1v) is 7.98. The minimum atomic E-state index is -0.706. The van der Waals surface area contributed by atoms with E-state index in [2.05, 4.69) is 9.97 Å². The number of nitrogens with zero attached hydrogens (tertiary/aromatic N) is 4. The smallest absolute Gasteiger partial charge is 0.329 e. The number of hydrogen-bond acceptors (Lipinski definition) is 8. The molecule has 1 atom stereocenters. The van der Waals surface area contributed by atoms with Gasteiger partial charge in [0, 0.05) is 19.3 Å². The fourth-order valence-corrected chi connectivity index (χ4v) is 2.94. The fraction of sp³-hybridized carbons (Fsp3) is 0.643. The summed E-state index contributed by atoms with van der Waals surface area (Å²) in [5.41, 5.74) is -0.298. The number of halogens is 1. The molecular weight excluding hydrogens is 340 g/mol. The van der Waals surface area contributed by atoms with Crippen molar-refractivity contribution in [1.82, 2.24) is 9.97 Å². The summed E-state index contributed by atoms with van der Waals surface area (Å²) < 4.78 is 10.2. The minimum absolute atomic E-state index is 0.0316. The SMILES string of the molecule is CCC(C(=O)OC)N(c1nc(Cl)ncc1[N+](=O)[O-])C1CCOCC1. The highest BCUT2D eigenvalue weighted by Gasteiger charge is 2.37. The minimum Gasteiger partial charge on any atom is -0.467 e. The zero-order valence-electron chi connectivity index (χ0n) is 13.5. The van der Waals surface area contributed by atoms with Crippen LogP contribution < -0.4 is 4.90 Å². The molecule has 0 amide bonds. The Hall–Kier alpha value is -2.00. The Kier molecular flexibility index (Phi) is 6.27. The molecule has 132 valence electrons. The maximum Gasteiger partial charge on any atom is 0.329 e. The van der Waals surface area contributed by atoms with Crippen LogP contribution in [-0.2, 0) is 14.3 Å². The molecule has 1 fully saturated rings. The maximum absolute atomic E-state index is 12.2. The van der Waals surface area contributed by atoms with Crippen LogP contribution in [0.15, 0.2) is 6.20 Å². The van der Waals surface area contributed by atoms with Crippen molar-refractivity contribution in [3.8, 4) is 0 Å². The normalized spacial score (nSPS) is 16.5. The molecule has 9 nitrogen and oxygen atoms in total. The predicted octanol–water partition coefficient (Wildman–Crippen LogP) is 1.98. The molecule has 2 rings (SSSR count). The van der Waals surface area contributed by atoms with Crippen molar-refractivity contribution in [1.29, 1.82) is 0 Å². The van der Waals surface area contributed by atoms with Crippen LogP contribution in [0.5, 0.6) is 0 Å². The van der Waals surface area contributed by atoms with Gasteiger partial charge in [0.25, 0.3) is 0 Å². The summed E-state index contributed by atoms with van der Waals surface area (Å²) in [5.74, 6) is -0.447. The Morgan fingerprint density at radius 3 is 2.79 bits per heavy atom. The Labute approximate surface area is 144 Å². The van der Waals surface area contributed by atoms with Gasteiger partial charge >= 0.3 is 11.7 Å². The van der Waals surface area contributed by atoms with Crippen LogP contribution in [0.1, 0.15) is 26.2 Å². The third-order valence-corrected chi connectivity index (χ3v) is 4.12. The zero-order chi connectivity index (χ0) is 17.7. The highest BCUT2D eigenvalue weighted by Crippen LogP contribution is 2.33. The number of carbonyl (C=O) groups excluding carboxylic acids is 1. The van der Waals surface area contributed by atoms with Crippen LogP contribution in [0.4, 0.5) is 11.5 Å². The monoisotopic (exact) mass is 358 g/mol. The van der Waals surface area contributed by atoms with E-state index in [-0.39, 0.29) is 22.8 Å². The molecule has 24 heavy (non-hydrogen) atoms. The highest BCUT2D eigenvalue weighted by molar-refractivity contribution is 6.28. The lowest BCUT2D eigenvalue weighted by molar-refractivity contribution is -0.384. The molecule has 10 heteroatoms. The van der Waals surface area contributed by atoms with E-state index in [4.69, 9.17) is 21.1 Å². The number of carbonyl (C=O) groups is 1. The van der Waals surface area contributed by atoms with Gasteiger partial charge in [0.15, 0.2) is 0 Å². The van der Waals surface area contributed by atoms with E-state index in [0.717, 1.165) is 6.20 Å². The number of aromatic nitrogens is 2. The lowest BCUT2D eigenvalue weighted by atomic mass is 10.0. The lowest BCUT2D eigenvalue weighted by Gasteiger charge is -2.38. The van der Waals surface area contributed by atoms with E-state index >= 15 is 0 Å². The van der Waals surface area contributed by atoms with Gasteiger partial charge in [0.2, 0.25) is 11.1 Å². The summed E-state index contributed by atoms with van der Waals surface area (Å²) in [7, 11) is 1.29. The summed E-state index contributed by atoms with van der Waals surface area (Å²) in [4.78, 5) is 32.4. The van der Waals surface area contributed by atoms with Gasteiger partial charge in [-0.3, -0.25) is 10.1 Å². The molecule has 0 aliphatic carbocycles. The van der Waals surface area contributed by atoms with E-state index in [1.54, 1.807) is 4.90 Å². The molecule has 1 aromatic rings. The second-order valence-corrected chi connectivity index (χ2v) is 5.64. The molecule has 0 aromatic carbocycles. The Morgan fingerprint density at radius 1 is 1.58 bits per heavy atom. The molecular formula is C14H19ClN4O5. The Bertz CT molecular complexity index is 609. The van der Waals surface area contributed by atoms with Crippen molar-refractivity contribution < 1.29 is 19.2 Å². The number of nitro groups is 1. The fourth-order valence-electron chi connectivity index (χ4n) is 2.82. The average molecular weight is 359 g/mol. The maximum atomic E-state index is 12.2. The molecule has 1 saturated heterocycles. The number of hydrogen-bond donors (Lipinski definition) is 0. The van der Waals surface area contributed by atoms with Gasteiger partial charge in [-0.25, -0.2) is 9.78 Å². The van der Waals surface area contributed by atoms with E-state index < -0.39 is 16.9 Å². The number of esters is 1. The Morgan fingerprint density at radius 2 is 2.25 bits per heavy atom. The van der Waals surface area contributed by atoms with Crippen LogP contribution in [0.3, 0.4) is 0 Å². The summed E-state index contributed by atoms with van der Waals surface area (Å²) in [6, 6.07) is -0.852.